The molecule has 4 atom stereocenters. The monoisotopic (exact) mass is 441 g/mol. The highest BCUT2D eigenvalue weighted by atomic mass is 16.4. The lowest BCUT2D eigenvalue weighted by atomic mass is 10.0. The van der Waals surface area contributed by atoms with E-state index in [-0.39, 0.29) is 36.8 Å². The van der Waals surface area contributed by atoms with Crippen LogP contribution in [0.3, 0.4) is 0 Å². The molecule has 0 radical (unpaired) electrons. The van der Waals surface area contributed by atoms with E-state index >= 15 is 0 Å². The Balaban J connectivity index is 2.61. The first-order valence-corrected chi connectivity index (χ1v) is 10.5. The number of carbonyl (C=O) groups is 4. The molecule has 1 heterocycles. The second-order valence-electron chi connectivity index (χ2n) is 7.96. The smallest absolute Gasteiger partial charge is 0.326 e. The summed E-state index contributed by atoms with van der Waals surface area (Å²) in [6, 6.07) is -3.28. The van der Waals surface area contributed by atoms with Gasteiger partial charge in [0.15, 0.2) is 5.96 Å². The van der Waals surface area contributed by atoms with Crippen molar-refractivity contribution in [2.75, 3.05) is 13.1 Å². The van der Waals surface area contributed by atoms with Crippen LogP contribution < -0.4 is 32.7 Å². The van der Waals surface area contributed by atoms with Crippen molar-refractivity contribution in [3.63, 3.8) is 0 Å². The van der Waals surface area contributed by atoms with Gasteiger partial charge in [0.2, 0.25) is 17.7 Å². The molecular weight excluding hydrogens is 406 g/mol. The maximum atomic E-state index is 12.7. The van der Waals surface area contributed by atoms with Gasteiger partial charge in [0.25, 0.3) is 0 Å². The molecule has 0 aromatic carbocycles. The van der Waals surface area contributed by atoms with Crippen LogP contribution in [-0.2, 0) is 19.2 Å². The van der Waals surface area contributed by atoms with Crippen LogP contribution in [0.4, 0.5) is 0 Å². The number of carbonyl (C=O) groups excluding carboxylic acids is 3. The highest BCUT2D eigenvalue weighted by Crippen LogP contribution is 2.08. The van der Waals surface area contributed by atoms with Crippen LogP contribution in [0.5, 0.6) is 0 Å². The molecule has 9 N–H and O–H groups in total. The van der Waals surface area contributed by atoms with Gasteiger partial charge in [-0.25, -0.2) is 4.79 Å². The zero-order valence-electron chi connectivity index (χ0n) is 18.3. The van der Waals surface area contributed by atoms with E-state index in [1.165, 1.54) is 6.92 Å². The molecule has 1 fully saturated rings. The maximum absolute atomic E-state index is 12.7. The fourth-order valence-electron chi connectivity index (χ4n) is 3.12. The van der Waals surface area contributed by atoms with E-state index in [0.717, 1.165) is 13.0 Å². The normalized spacial score (nSPS) is 18.5. The number of rotatable bonds is 12. The Bertz CT molecular complexity index is 673. The molecule has 1 rings (SSSR count). The molecule has 0 spiro atoms. The zero-order chi connectivity index (χ0) is 23.6. The van der Waals surface area contributed by atoms with Crippen molar-refractivity contribution in [1.29, 1.82) is 0 Å². The number of carboxylic acid groups (broad SMARTS) is 1. The fourth-order valence-corrected chi connectivity index (χ4v) is 3.12. The second kappa shape index (κ2) is 12.7. The number of carboxylic acids is 1. The van der Waals surface area contributed by atoms with Gasteiger partial charge in [0, 0.05) is 6.54 Å². The van der Waals surface area contributed by atoms with Gasteiger partial charge in [0.05, 0.1) is 6.04 Å². The first-order chi connectivity index (χ1) is 14.5. The molecule has 0 aliphatic carbocycles. The van der Waals surface area contributed by atoms with Crippen molar-refractivity contribution in [3.8, 4) is 0 Å². The van der Waals surface area contributed by atoms with Crippen molar-refractivity contribution < 1.29 is 24.3 Å². The van der Waals surface area contributed by atoms with E-state index in [1.807, 2.05) is 0 Å². The molecule has 0 aromatic rings. The molecule has 4 unspecified atom stereocenters. The first kappa shape index (κ1) is 26.1. The van der Waals surface area contributed by atoms with Gasteiger partial charge in [-0.1, -0.05) is 13.8 Å². The lowest BCUT2D eigenvalue weighted by molar-refractivity contribution is -0.142. The zero-order valence-corrected chi connectivity index (χ0v) is 18.3. The summed E-state index contributed by atoms with van der Waals surface area (Å²) in [7, 11) is 0. The van der Waals surface area contributed by atoms with Crippen LogP contribution in [0.15, 0.2) is 4.99 Å². The minimum atomic E-state index is -1.20. The summed E-state index contributed by atoms with van der Waals surface area (Å²) >= 11 is 0. The lowest BCUT2D eigenvalue weighted by Gasteiger charge is -2.25. The van der Waals surface area contributed by atoms with Gasteiger partial charge in [-0.15, -0.1) is 0 Å². The van der Waals surface area contributed by atoms with E-state index in [2.05, 4.69) is 26.3 Å². The number of nitrogens with two attached hydrogens (primary N) is 2. The number of hydrogen-bond donors (Lipinski definition) is 7. The molecule has 12 nitrogen and oxygen atoms in total. The van der Waals surface area contributed by atoms with E-state index in [9.17, 15) is 24.3 Å². The van der Waals surface area contributed by atoms with Crippen molar-refractivity contribution in [2.45, 2.75) is 70.6 Å². The SMILES string of the molecule is CC(NC(=O)C(NC(=O)C1CCCN1)C(C)C)C(=O)NC(CCCN=C(N)N)C(=O)O. The van der Waals surface area contributed by atoms with Crippen LogP contribution in [0, 0.1) is 5.92 Å². The number of amides is 3. The molecule has 31 heavy (non-hydrogen) atoms. The summed E-state index contributed by atoms with van der Waals surface area (Å²) in [6.45, 7) is 6.01. The van der Waals surface area contributed by atoms with Crippen LogP contribution >= 0.6 is 0 Å². The fraction of sp³-hybridized carbons (Fsp3) is 0.737. The summed E-state index contributed by atoms with van der Waals surface area (Å²) in [5.41, 5.74) is 10.4. The molecule has 0 bridgehead atoms. The molecular formula is C19H35N7O5. The predicted molar refractivity (Wildman–Crippen MR) is 115 cm³/mol. The van der Waals surface area contributed by atoms with Crippen molar-refractivity contribution in [2.24, 2.45) is 22.4 Å². The number of nitrogens with one attached hydrogen (secondary N) is 4. The highest BCUT2D eigenvalue weighted by molar-refractivity contribution is 5.94. The number of guanidine groups is 1. The lowest BCUT2D eigenvalue weighted by Crippen LogP contribution is -2.57. The first-order valence-electron chi connectivity index (χ1n) is 10.5. The van der Waals surface area contributed by atoms with Crippen molar-refractivity contribution in [3.05, 3.63) is 0 Å². The average Bonchev–Trinajstić information content (AvgIpc) is 3.22. The van der Waals surface area contributed by atoms with Gasteiger partial charge >= 0.3 is 5.97 Å². The Morgan fingerprint density at radius 1 is 1.10 bits per heavy atom. The van der Waals surface area contributed by atoms with Gasteiger partial charge < -0.3 is 37.8 Å². The minimum absolute atomic E-state index is 0.0947. The van der Waals surface area contributed by atoms with E-state index in [1.54, 1.807) is 13.8 Å². The standard InChI is InChI=1S/C19H35N7O5/c1-10(2)14(26-16(28)12-6-4-8-22-12)17(29)24-11(3)15(27)25-13(18(30)31)7-5-9-23-19(20)21/h10-14,22H,4-9H2,1-3H3,(H,24,29)(H,25,27)(H,26,28)(H,30,31)(H4,20,21,23). The summed E-state index contributed by atoms with van der Waals surface area (Å²) in [5.74, 6) is -2.91. The maximum Gasteiger partial charge on any atom is 0.326 e. The largest absolute Gasteiger partial charge is 0.480 e. The third-order valence-corrected chi connectivity index (χ3v) is 4.94. The Morgan fingerprint density at radius 3 is 2.29 bits per heavy atom. The molecule has 0 aromatic heterocycles. The Morgan fingerprint density at radius 2 is 1.77 bits per heavy atom. The number of nitrogens with zero attached hydrogens (tertiary/aromatic N) is 1. The Kier molecular flexibility index (Phi) is 10.7. The number of hydrogen-bond acceptors (Lipinski definition) is 6. The summed E-state index contributed by atoms with van der Waals surface area (Å²) < 4.78 is 0. The number of aliphatic imine (C=N–C) groups is 1. The molecule has 1 aliphatic rings. The van der Waals surface area contributed by atoms with Crippen molar-refractivity contribution >= 4 is 29.7 Å². The van der Waals surface area contributed by atoms with Crippen LogP contribution in [-0.4, -0.2) is 72.0 Å². The topological polar surface area (TPSA) is 201 Å². The summed E-state index contributed by atoms with van der Waals surface area (Å²) in [6.07, 6.45) is 2.07. The molecule has 12 heteroatoms. The van der Waals surface area contributed by atoms with Gasteiger partial charge in [-0.2, -0.15) is 0 Å². The Hall–Kier alpha value is -2.89. The molecule has 176 valence electrons. The third-order valence-electron chi connectivity index (χ3n) is 4.94. The Labute approximate surface area is 182 Å². The second-order valence-corrected chi connectivity index (χ2v) is 7.96. The van der Waals surface area contributed by atoms with E-state index in [4.69, 9.17) is 11.5 Å². The molecule has 1 aliphatic heterocycles. The predicted octanol–water partition coefficient (Wildman–Crippen LogP) is -1.99. The quantitative estimate of drug-likeness (QED) is 0.102. The van der Waals surface area contributed by atoms with Gasteiger partial charge in [-0.05, 0) is 45.1 Å². The summed E-state index contributed by atoms with van der Waals surface area (Å²) in [5, 5.41) is 20.1. The van der Waals surface area contributed by atoms with Gasteiger partial charge in [0.1, 0.15) is 18.1 Å². The van der Waals surface area contributed by atoms with E-state index in [0.29, 0.717) is 12.8 Å². The average molecular weight is 442 g/mol. The van der Waals surface area contributed by atoms with Gasteiger partial charge in [-0.3, -0.25) is 19.4 Å². The molecule has 3 amide bonds. The minimum Gasteiger partial charge on any atom is -0.480 e. The van der Waals surface area contributed by atoms with Crippen LogP contribution in [0.2, 0.25) is 0 Å². The van der Waals surface area contributed by atoms with Crippen LogP contribution in [0.25, 0.3) is 0 Å². The van der Waals surface area contributed by atoms with E-state index < -0.39 is 35.9 Å². The van der Waals surface area contributed by atoms with Crippen LogP contribution in [0.1, 0.15) is 46.5 Å². The molecule has 1 saturated heterocycles. The van der Waals surface area contributed by atoms with Crippen molar-refractivity contribution in [1.82, 2.24) is 21.3 Å². The third kappa shape index (κ3) is 9.20. The molecule has 0 saturated carbocycles. The summed E-state index contributed by atoms with van der Waals surface area (Å²) in [4.78, 5) is 52.6. The highest BCUT2D eigenvalue weighted by Gasteiger charge is 2.31. The number of aliphatic carboxylic acids is 1.